The summed E-state index contributed by atoms with van der Waals surface area (Å²) in [6.07, 6.45) is 5.59. The van der Waals surface area contributed by atoms with Gasteiger partial charge in [0, 0.05) is 12.5 Å². The molecule has 0 aromatic heterocycles. The summed E-state index contributed by atoms with van der Waals surface area (Å²) in [5.74, 6) is -1.55. The van der Waals surface area contributed by atoms with E-state index >= 15 is 0 Å². The van der Waals surface area contributed by atoms with Crippen molar-refractivity contribution < 1.29 is 19.1 Å². The highest BCUT2D eigenvalue weighted by Crippen LogP contribution is 2.42. The smallest absolute Gasteiger partial charge is 0.290 e. The van der Waals surface area contributed by atoms with Crippen LogP contribution in [0.5, 0.6) is 0 Å². The van der Waals surface area contributed by atoms with E-state index in [9.17, 15) is 19.1 Å². The number of carbonyl (C=O) groups is 2. The Morgan fingerprint density at radius 3 is 2.33 bits per heavy atom. The van der Waals surface area contributed by atoms with Gasteiger partial charge in [-0.05, 0) is 42.5 Å². The maximum absolute atomic E-state index is 13.5. The van der Waals surface area contributed by atoms with Crippen LogP contribution in [0.15, 0.2) is 65.9 Å². The molecule has 2 aromatic rings. The standard InChI is InChI=1S/C25H26FNO3/c26-19-14-12-18(13-15-19)23-22(21(28)16-11-17-7-3-1-4-8-17)24(29)25(30)27(23)20-9-5-2-6-10-20/h1,3-4,7-8,12-15,20,23,29H,2,5-6,9-11,16H2. The number of halogens is 1. The summed E-state index contributed by atoms with van der Waals surface area (Å²) in [6.45, 7) is 0. The van der Waals surface area contributed by atoms with E-state index in [1.807, 2.05) is 30.3 Å². The van der Waals surface area contributed by atoms with Crippen molar-refractivity contribution in [2.75, 3.05) is 0 Å². The quantitative estimate of drug-likeness (QED) is 0.729. The van der Waals surface area contributed by atoms with Gasteiger partial charge in [-0.15, -0.1) is 0 Å². The van der Waals surface area contributed by atoms with E-state index in [1.165, 1.54) is 12.1 Å². The number of hydrogen-bond acceptors (Lipinski definition) is 3. The molecule has 1 saturated carbocycles. The van der Waals surface area contributed by atoms with E-state index in [0.717, 1.165) is 37.7 Å². The topological polar surface area (TPSA) is 57.6 Å². The van der Waals surface area contributed by atoms with E-state index in [2.05, 4.69) is 0 Å². The minimum atomic E-state index is -0.663. The second-order valence-electron chi connectivity index (χ2n) is 8.13. The highest BCUT2D eigenvalue weighted by molar-refractivity contribution is 6.09. The van der Waals surface area contributed by atoms with Gasteiger partial charge in [0.05, 0.1) is 11.6 Å². The molecule has 1 unspecified atom stereocenters. The van der Waals surface area contributed by atoms with Crippen molar-refractivity contribution in [3.05, 3.63) is 82.9 Å². The molecule has 0 radical (unpaired) electrons. The number of nitrogens with zero attached hydrogens (tertiary/aromatic N) is 1. The number of amides is 1. The number of carbonyl (C=O) groups excluding carboxylic acids is 2. The third kappa shape index (κ3) is 4.02. The van der Waals surface area contributed by atoms with E-state index in [0.29, 0.717) is 12.0 Å². The van der Waals surface area contributed by atoms with E-state index in [4.69, 9.17) is 0 Å². The lowest BCUT2D eigenvalue weighted by Crippen LogP contribution is -2.41. The number of ketones is 1. The highest BCUT2D eigenvalue weighted by atomic mass is 19.1. The molecule has 1 heterocycles. The van der Waals surface area contributed by atoms with E-state index in [1.54, 1.807) is 17.0 Å². The summed E-state index contributed by atoms with van der Waals surface area (Å²) in [5, 5.41) is 10.7. The van der Waals surface area contributed by atoms with Crippen LogP contribution in [0.3, 0.4) is 0 Å². The summed E-state index contributed by atoms with van der Waals surface area (Å²) in [7, 11) is 0. The van der Waals surface area contributed by atoms with Gasteiger partial charge in [-0.3, -0.25) is 9.59 Å². The minimum absolute atomic E-state index is 0.0251. The van der Waals surface area contributed by atoms with Crippen LogP contribution in [-0.4, -0.2) is 27.7 Å². The largest absolute Gasteiger partial charge is 0.503 e. The summed E-state index contributed by atoms with van der Waals surface area (Å²) < 4.78 is 13.5. The fourth-order valence-electron chi connectivity index (χ4n) is 4.65. The first-order valence-corrected chi connectivity index (χ1v) is 10.6. The zero-order chi connectivity index (χ0) is 21.1. The summed E-state index contributed by atoms with van der Waals surface area (Å²) >= 11 is 0. The zero-order valence-electron chi connectivity index (χ0n) is 16.9. The van der Waals surface area contributed by atoms with Crippen LogP contribution in [0, 0.1) is 5.82 Å². The normalized spacial score (nSPS) is 20.1. The van der Waals surface area contributed by atoms with Crippen molar-refractivity contribution in [3.63, 3.8) is 0 Å². The number of benzene rings is 2. The monoisotopic (exact) mass is 407 g/mol. The lowest BCUT2D eigenvalue weighted by Gasteiger charge is -2.36. The van der Waals surface area contributed by atoms with Crippen molar-refractivity contribution in [3.8, 4) is 0 Å². The molecular formula is C25H26FNO3. The van der Waals surface area contributed by atoms with Crippen LogP contribution in [0.2, 0.25) is 0 Å². The molecule has 5 heteroatoms. The zero-order valence-corrected chi connectivity index (χ0v) is 16.9. The van der Waals surface area contributed by atoms with Crippen LogP contribution < -0.4 is 0 Å². The summed E-state index contributed by atoms with van der Waals surface area (Å²) in [4.78, 5) is 27.9. The Labute approximate surface area is 176 Å². The Morgan fingerprint density at radius 2 is 1.67 bits per heavy atom. The van der Waals surface area contributed by atoms with Gasteiger partial charge in [-0.25, -0.2) is 4.39 Å². The second kappa shape index (κ2) is 8.82. The van der Waals surface area contributed by atoms with Crippen molar-refractivity contribution in [1.29, 1.82) is 0 Å². The maximum Gasteiger partial charge on any atom is 0.290 e. The van der Waals surface area contributed by atoms with Gasteiger partial charge in [0.15, 0.2) is 11.5 Å². The Hall–Kier alpha value is -2.95. The molecule has 1 aliphatic carbocycles. The van der Waals surface area contributed by atoms with E-state index in [-0.39, 0.29) is 29.6 Å². The van der Waals surface area contributed by atoms with Gasteiger partial charge in [-0.2, -0.15) is 0 Å². The SMILES string of the molecule is O=C(CCc1ccccc1)C1=C(O)C(=O)N(C2CCCCC2)C1c1ccc(F)cc1. The molecule has 0 bridgehead atoms. The third-order valence-electron chi connectivity index (χ3n) is 6.18. The van der Waals surface area contributed by atoms with Gasteiger partial charge in [0.2, 0.25) is 0 Å². The lowest BCUT2D eigenvalue weighted by atomic mass is 9.89. The van der Waals surface area contributed by atoms with Gasteiger partial charge in [0.25, 0.3) is 5.91 Å². The molecule has 1 aliphatic heterocycles. The molecule has 156 valence electrons. The number of aliphatic hydroxyl groups excluding tert-OH is 1. The van der Waals surface area contributed by atoms with Gasteiger partial charge < -0.3 is 10.0 Å². The van der Waals surface area contributed by atoms with Crippen LogP contribution in [0.25, 0.3) is 0 Å². The number of hydrogen-bond donors (Lipinski definition) is 1. The number of rotatable bonds is 6. The Morgan fingerprint density at radius 1 is 1.00 bits per heavy atom. The number of Topliss-reactive ketones (excluding diaryl/α,β-unsaturated/α-hetero) is 1. The Bertz CT molecular complexity index is 946. The second-order valence-corrected chi connectivity index (χ2v) is 8.13. The van der Waals surface area contributed by atoms with Crippen molar-refractivity contribution in [2.24, 2.45) is 0 Å². The Balaban J connectivity index is 1.65. The molecule has 1 amide bonds. The number of aliphatic hydroxyl groups is 1. The minimum Gasteiger partial charge on any atom is -0.503 e. The van der Waals surface area contributed by atoms with Crippen molar-refractivity contribution in [1.82, 2.24) is 4.90 Å². The predicted molar refractivity (Wildman–Crippen MR) is 112 cm³/mol. The first kappa shape index (κ1) is 20.3. The molecule has 4 nitrogen and oxygen atoms in total. The fraction of sp³-hybridized carbons (Fsp3) is 0.360. The molecule has 1 atom stereocenters. The van der Waals surface area contributed by atoms with Crippen LogP contribution in [-0.2, 0) is 16.0 Å². The average molecular weight is 407 g/mol. The van der Waals surface area contributed by atoms with Crippen LogP contribution in [0.4, 0.5) is 4.39 Å². The molecule has 0 saturated heterocycles. The average Bonchev–Trinajstić information content (AvgIpc) is 3.04. The van der Waals surface area contributed by atoms with Gasteiger partial charge in [-0.1, -0.05) is 61.7 Å². The van der Waals surface area contributed by atoms with Crippen molar-refractivity contribution >= 4 is 11.7 Å². The Kier molecular flexibility index (Phi) is 5.98. The first-order chi connectivity index (χ1) is 14.6. The van der Waals surface area contributed by atoms with Crippen LogP contribution in [0.1, 0.15) is 55.7 Å². The van der Waals surface area contributed by atoms with Crippen LogP contribution >= 0.6 is 0 Å². The number of aryl methyl sites for hydroxylation is 1. The summed E-state index contributed by atoms with van der Waals surface area (Å²) in [6, 6.07) is 14.8. The fourth-order valence-corrected chi connectivity index (χ4v) is 4.65. The molecular weight excluding hydrogens is 381 g/mol. The van der Waals surface area contributed by atoms with Gasteiger partial charge in [0.1, 0.15) is 5.82 Å². The van der Waals surface area contributed by atoms with Gasteiger partial charge >= 0.3 is 0 Å². The maximum atomic E-state index is 13.5. The first-order valence-electron chi connectivity index (χ1n) is 10.6. The lowest BCUT2D eigenvalue weighted by molar-refractivity contribution is -0.132. The van der Waals surface area contributed by atoms with Crippen molar-refractivity contribution in [2.45, 2.75) is 57.0 Å². The van der Waals surface area contributed by atoms with E-state index < -0.39 is 17.7 Å². The molecule has 4 rings (SSSR count). The molecule has 1 fully saturated rings. The molecule has 2 aromatic carbocycles. The summed E-state index contributed by atoms with van der Waals surface area (Å²) in [5.41, 5.74) is 1.83. The molecule has 30 heavy (non-hydrogen) atoms. The predicted octanol–water partition coefficient (Wildman–Crippen LogP) is 5.06. The molecule has 0 spiro atoms. The third-order valence-corrected chi connectivity index (χ3v) is 6.18. The molecule has 2 aliphatic rings. The molecule has 1 N–H and O–H groups in total. The highest BCUT2D eigenvalue weighted by Gasteiger charge is 2.46.